The summed E-state index contributed by atoms with van der Waals surface area (Å²) in [5, 5.41) is 6.10. The fourth-order valence-corrected chi connectivity index (χ4v) is 4.65. The molecular weight excluding hydrogens is 426 g/mol. The molecule has 168 valence electrons. The first kappa shape index (κ1) is 24.6. The van der Waals surface area contributed by atoms with Gasteiger partial charge in [-0.3, -0.25) is 9.59 Å². The van der Waals surface area contributed by atoms with E-state index in [0.717, 1.165) is 12.8 Å². The first-order chi connectivity index (χ1) is 14.1. The lowest BCUT2D eigenvalue weighted by Gasteiger charge is -2.28. The molecule has 7 nitrogen and oxygen atoms in total. The Balaban J connectivity index is 1.75. The van der Waals surface area contributed by atoms with E-state index in [2.05, 4.69) is 15.4 Å². The highest BCUT2D eigenvalue weighted by Crippen LogP contribution is 2.29. The lowest BCUT2D eigenvalue weighted by molar-refractivity contribution is -0.131. The Bertz CT molecular complexity index is 819. The summed E-state index contributed by atoms with van der Waals surface area (Å²) in [6, 6.07) is 5.48. The summed E-state index contributed by atoms with van der Waals surface area (Å²) in [5.41, 5.74) is 0. The van der Waals surface area contributed by atoms with Crippen LogP contribution in [0.2, 0.25) is 5.02 Å². The molecule has 0 radical (unpaired) electrons. The number of nitrogens with one attached hydrogen (secondary N) is 3. The second-order valence-electron chi connectivity index (χ2n) is 8.39. The summed E-state index contributed by atoms with van der Waals surface area (Å²) in [7, 11) is -3.58. The van der Waals surface area contributed by atoms with Crippen LogP contribution in [-0.2, 0) is 19.6 Å². The first-order valence-electron chi connectivity index (χ1n) is 10.4. The molecule has 1 aliphatic rings. The highest BCUT2D eigenvalue weighted by Gasteiger charge is 2.29. The van der Waals surface area contributed by atoms with Crippen molar-refractivity contribution in [3.8, 4) is 0 Å². The van der Waals surface area contributed by atoms with Crippen LogP contribution in [0.25, 0.3) is 0 Å². The smallest absolute Gasteiger partial charge is 0.242 e. The fourth-order valence-electron chi connectivity index (χ4n) is 3.41. The number of halogens is 1. The van der Waals surface area contributed by atoms with Gasteiger partial charge in [0.1, 0.15) is 6.04 Å². The summed E-state index contributed by atoms with van der Waals surface area (Å²) in [4.78, 5) is 24.7. The van der Waals surface area contributed by atoms with Crippen molar-refractivity contribution in [3.05, 3.63) is 29.3 Å². The maximum Gasteiger partial charge on any atom is 0.242 e. The molecule has 2 rings (SSSR count). The Morgan fingerprint density at radius 2 is 1.67 bits per heavy atom. The minimum absolute atomic E-state index is 0.109. The SMILES string of the molecule is CC(C)CNC(=O)[C@@H](C)NC(=O)C1CCC(CNS(=O)(=O)c2ccc(Cl)cc2)CC1. The summed E-state index contributed by atoms with van der Waals surface area (Å²) in [6.45, 7) is 6.63. The van der Waals surface area contributed by atoms with Gasteiger partial charge in [0.2, 0.25) is 21.8 Å². The third kappa shape index (κ3) is 7.56. The van der Waals surface area contributed by atoms with Crippen LogP contribution in [0.1, 0.15) is 46.5 Å². The maximum absolute atomic E-state index is 12.5. The largest absolute Gasteiger partial charge is 0.354 e. The molecule has 3 N–H and O–H groups in total. The van der Waals surface area contributed by atoms with Crippen LogP contribution in [0.3, 0.4) is 0 Å². The van der Waals surface area contributed by atoms with Crippen LogP contribution in [0.4, 0.5) is 0 Å². The minimum atomic E-state index is -3.58. The number of carbonyl (C=O) groups is 2. The van der Waals surface area contributed by atoms with Crippen molar-refractivity contribution in [2.24, 2.45) is 17.8 Å². The molecular formula is C21H32ClN3O4S. The van der Waals surface area contributed by atoms with E-state index in [9.17, 15) is 18.0 Å². The van der Waals surface area contributed by atoms with E-state index in [0.29, 0.717) is 36.9 Å². The van der Waals surface area contributed by atoms with Crippen molar-refractivity contribution in [3.63, 3.8) is 0 Å². The Kier molecular flexibility index (Phi) is 9.12. The average Bonchev–Trinajstić information content (AvgIpc) is 2.71. The predicted molar refractivity (Wildman–Crippen MR) is 118 cm³/mol. The van der Waals surface area contributed by atoms with Gasteiger partial charge in [-0.15, -0.1) is 0 Å². The molecule has 30 heavy (non-hydrogen) atoms. The summed E-state index contributed by atoms with van der Waals surface area (Å²) in [5.74, 6) is 0.103. The molecule has 0 saturated heterocycles. The third-order valence-electron chi connectivity index (χ3n) is 5.34. The molecule has 2 amide bonds. The molecule has 1 fully saturated rings. The van der Waals surface area contributed by atoms with Crippen molar-refractivity contribution >= 4 is 33.4 Å². The summed E-state index contributed by atoms with van der Waals surface area (Å²) >= 11 is 5.81. The number of rotatable bonds is 9. The molecule has 1 atom stereocenters. The Labute approximate surface area is 184 Å². The van der Waals surface area contributed by atoms with Crippen molar-refractivity contribution < 1.29 is 18.0 Å². The molecule has 1 aromatic rings. The van der Waals surface area contributed by atoms with Gasteiger partial charge in [0, 0.05) is 24.0 Å². The number of benzene rings is 1. The van der Waals surface area contributed by atoms with Gasteiger partial charge in [-0.2, -0.15) is 0 Å². The zero-order valence-corrected chi connectivity index (χ0v) is 19.4. The van der Waals surface area contributed by atoms with Crippen LogP contribution in [0.15, 0.2) is 29.2 Å². The van der Waals surface area contributed by atoms with E-state index in [1.807, 2.05) is 13.8 Å². The summed E-state index contributed by atoms with van der Waals surface area (Å²) in [6.07, 6.45) is 2.88. The average molecular weight is 458 g/mol. The highest BCUT2D eigenvalue weighted by molar-refractivity contribution is 7.89. The molecule has 0 bridgehead atoms. The molecule has 0 unspecified atom stereocenters. The fraction of sp³-hybridized carbons (Fsp3) is 0.619. The molecule has 0 aromatic heterocycles. The van der Waals surface area contributed by atoms with Gasteiger partial charge in [0.15, 0.2) is 0 Å². The van der Waals surface area contributed by atoms with Gasteiger partial charge in [0.05, 0.1) is 4.90 Å². The van der Waals surface area contributed by atoms with Crippen LogP contribution in [-0.4, -0.2) is 39.4 Å². The van der Waals surface area contributed by atoms with Gasteiger partial charge >= 0.3 is 0 Å². The molecule has 1 aliphatic carbocycles. The molecule has 0 aliphatic heterocycles. The topological polar surface area (TPSA) is 104 Å². The maximum atomic E-state index is 12.5. The van der Waals surface area contributed by atoms with E-state index in [-0.39, 0.29) is 28.5 Å². The van der Waals surface area contributed by atoms with E-state index >= 15 is 0 Å². The van der Waals surface area contributed by atoms with Gasteiger partial charge < -0.3 is 10.6 Å². The van der Waals surface area contributed by atoms with Crippen molar-refractivity contribution in [1.82, 2.24) is 15.4 Å². The van der Waals surface area contributed by atoms with Crippen LogP contribution in [0.5, 0.6) is 0 Å². The minimum Gasteiger partial charge on any atom is -0.354 e. The monoisotopic (exact) mass is 457 g/mol. The lowest BCUT2D eigenvalue weighted by atomic mass is 9.81. The van der Waals surface area contributed by atoms with Crippen molar-refractivity contribution in [1.29, 1.82) is 0 Å². The van der Waals surface area contributed by atoms with Crippen LogP contribution in [0, 0.1) is 17.8 Å². The van der Waals surface area contributed by atoms with Gasteiger partial charge in [0.25, 0.3) is 0 Å². The third-order valence-corrected chi connectivity index (χ3v) is 7.03. The Morgan fingerprint density at radius 3 is 2.23 bits per heavy atom. The molecule has 0 heterocycles. The second-order valence-corrected chi connectivity index (χ2v) is 10.6. The summed E-state index contributed by atoms with van der Waals surface area (Å²) < 4.78 is 27.4. The van der Waals surface area contributed by atoms with Crippen LogP contribution >= 0.6 is 11.6 Å². The molecule has 0 spiro atoms. The number of hydrogen-bond donors (Lipinski definition) is 3. The Hall–Kier alpha value is -1.64. The standard InChI is InChI=1S/C21H32ClN3O4S/c1-14(2)12-23-20(26)15(3)25-21(27)17-6-4-16(5-7-17)13-24-30(28,29)19-10-8-18(22)9-11-19/h8-11,14-17,24H,4-7,12-13H2,1-3H3,(H,23,26)(H,25,27)/t15-,16?,17?/m1/s1. The van der Waals surface area contributed by atoms with Crippen molar-refractivity contribution in [2.75, 3.05) is 13.1 Å². The van der Waals surface area contributed by atoms with Crippen LogP contribution < -0.4 is 15.4 Å². The number of amides is 2. The van der Waals surface area contributed by atoms with Gasteiger partial charge in [-0.25, -0.2) is 13.1 Å². The van der Waals surface area contributed by atoms with E-state index < -0.39 is 16.1 Å². The van der Waals surface area contributed by atoms with Gasteiger partial charge in [-0.05, 0) is 68.7 Å². The molecule has 1 saturated carbocycles. The Morgan fingerprint density at radius 1 is 1.07 bits per heavy atom. The van der Waals surface area contributed by atoms with E-state index in [4.69, 9.17) is 11.6 Å². The van der Waals surface area contributed by atoms with Gasteiger partial charge in [-0.1, -0.05) is 25.4 Å². The number of sulfonamides is 1. The first-order valence-corrected chi connectivity index (χ1v) is 12.3. The lowest BCUT2D eigenvalue weighted by Crippen LogP contribution is -2.48. The normalized spacial score (nSPS) is 20.6. The quantitative estimate of drug-likeness (QED) is 0.530. The zero-order valence-electron chi connectivity index (χ0n) is 17.8. The van der Waals surface area contributed by atoms with E-state index in [1.165, 1.54) is 12.1 Å². The second kappa shape index (κ2) is 11.1. The number of hydrogen-bond acceptors (Lipinski definition) is 4. The number of carbonyl (C=O) groups excluding carboxylic acids is 2. The predicted octanol–water partition coefficient (Wildman–Crippen LogP) is 2.70. The van der Waals surface area contributed by atoms with Crippen molar-refractivity contribution in [2.45, 2.75) is 57.4 Å². The van der Waals surface area contributed by atoms with E-state index in [1.54, 1.807) is 19.1 Å². The zero-order chi connectivity index (χ0) is 22.3. The molecule has 9 heteroatoms. The molecule has 1 aromatic carbocycles. The highest BCUT2D eigenvalue weighted by atomic mass is 35.5.